The summed E-state index contributed by atoms with van der Waals surface area (Å²) >= 11 is 0. The molecular weight excluding hydrogens is 198 g/mol. The number of hydrogen-bond acceptors (Lipinski definition) is 2. The Morgan fingerprint density at radius 3 is 2.27 bits per heavy atom. The summed E-state index contributed by atoms with van der Waals surface area (Å²) in [6.07, 6.45) is 3.23. The van der Waals surface area contributed by atoms with Crippen molar-refractivity contribution in [1.82, 2.24) is 4.98 Å². The van der Waals surface area contributed by atoms with Crippen LogP contribution in [0.4, 0.5) is 20.2 Å². The van der Waals surface area contributed by atoms with Crippen molar-refractivity contribution < 1.29 is 8.78 Å². The Morgan fingerprint density at radius 2 is 1.60 bits per heavy atom. The third-order valence-corrected chi connectivity index (χ3v) is 1.89. The van der Waals surface area contributed by atoms with Gasteiger partial charge in [-0.25, -0.2) is 8.78 Å². The number of rotatable bonds is 2. The highest BCUT2D eigenvalue weighted by Crippen LogP contribution is 2.17. The van der Waals surface area contributed by atoms with Crippen molar-refractivity contribution in [2.75, 3.05) is 5.32 Å². The lowest BCUT2D eigenvalue weighted by Crippen LogP contribution is -1.92. The summed E-state index contributed by atoms with van der Waals surface area (Å²) in [6, 6.07) is 7.13. The fourth-order valence-electron chi connectivity index (χ4n) is 1.18. The third-order valence-electron chi connectivity index (χ3n) is 1.89. The van der Waals surface area contributed by atoms with Crippen LogP contribution < -0.4 is 5.32 Å². The molecule has 2 rings (SSSR count). The van der Waals surface area contributed by atoms with Gasteiger partial charge >= 0.3 is 0 Å². The van der Waals surface area contributed by atoms with Crippen molar-refractivity contribution in [2.24, 2.45) is 0 Å². The molecule has 2 aromatic rings. The van der Waals surface area contributed by atoms with Crippen LogP contribution in [-0.2, 0) is 0 Å². The van der Waals surface area contributed by atoms with Crippen LogP contribution in [0.25, 0.3) is 0 Å². The molecule has 1 N–H and O–H groups in total. The van der Waals surface area contributed by atoms with Gasteiger partial charge in [-0.2, -0.15) is 0 Å². The predicted molar refractivity (Wildman–Crippen MR) is 53.9 cm³/mol. The van der Waals surface area contributed by atoms with E-state index in [0.29, 0.717) is 5.69 Å². The molecule has 0 bridgehead atoms. The smallest absolute Gasteiger partial charge is 0.160 e. The average Bonchev–Trinajstić information content (AvgIpc) is 2.25. The highest BCUT2D eigenvalue weighted by molar-refractivity contribution is 5.58. The van der Waals surface area contributed by atoms with Gasteiger partial charge in [-0.3, -0.25) is 4.98 Å². The van der Waals surface area contributed by atoms with Gasteiger partial charge in [-0.15, -0.1) is 0 Å². The Bertz CT molecular complexity index is 457. The Kier molecular flexibility index (Phi) is 2.58. The van der Waals surface area contributed by atoms with Crippen LogP contribution in [0.15, 0.2) is 42.7 Å². The molecule has 0 aliphatic heterocycles. The quantitative estimate of drug-likeness (QED) is 0.816. The summed E-state index contributed by atoms with van der Waals surface area (Å²) < 4.78 is 25.5. The van der Waals surface area contributed by atoms with Gasteiger partial charge in [-0.1, -0.05) is 0 Å². The number of pyridine rings is 1. The van der Waals surface area contributed by atoms with Gasteiger partial charge in [0.25, 0.3) is 0 Å². The summed E-state index contributed by atoms with van der Waals surface area (Å²) in [5.41, 5.74) is 1.27. The van der Waals surface area contributed by atoms with E-state index in [4.69, 9.17) is 0 Å². The van der Waals surface area contributed by atoms with Crippen molar-refractivity contribution in [3.63, 3.8) is 0 Å². The first-order valence-corrected chi connectivity index (χ1v) is 4.38. The average molecular weight is 206 g/mol. The van der Waals surface area contributed by atoms with Gasteiger partial charge in [0.05, 0.1) is 0 Å². The third kappa shape index (κ3) is 2.28. The second-order valence-electron chi connectivity index (χ2n) is 2.99. The molecule has 0 radical (unpaired) electrons. The molecule has 0 spiro atoms. The van der Waals surface area contributed by atoms with Crippen LogP contribution in [0.3, 0.4) is 0 Å². The second kappa shape index (κ2) is 4.04. The molecule has 1 heterocycles. The number of nitrogens with one attached hydrogen (secondary N) is 1. The van der Waals surface area contributed by atoms with Crippen molar-refractivity contribution in [1.29, 1.82) is 0 Å². The maximum atomic E-state index is 12.9. The molecule has 0 aliphatic carbocycles. The summed E-state index contributed by atoms with van der Waals surface area (Å²) in [5, 5.41) is 2.93. The lowest BCUT2D eigenvalue weighted by Gasteiger charge is -2.05. The molecule has 1 aromatic heterocycles. The number of hydrogen-bond donors (Lipinski definition) is 1. The number of anilines is 2. The Labute approximate surface area is 85.6 Å². The maximum Gasteiger partial charge on any atom is 0.160 e. The van der Waals surface area contributed by atoms with Gasteiger partial charge in [-0.05, 0) is 24.3 Å². The first kappa shape index (κ1) is 9.58. The van der Waals surface area contributed by atoms with E-state index in [0.717, 1.165) is 17.8 Å². The van der Waals surface area contributed by atoms with E-state index in [1.807, 2.05) is 0 Å². The van der Waals surface area contributed by atoms with Gasteiger partial charge in [0.1, 0.15) is 0 Å². The number of aromatic nitrogens is 1. The second-order valence-corrected chi connectivity index (χ2v) is 2.99. The van der Waals surface area contributed by atoms with E-state index in [-0.39, 0.29) is 0 Å². The van der Waals surface area contributed by atoms with Gasteiger partial charge in [0, 0.05) is 29.8 Å². The van der Waals surface area contributed by atoms with Crippen LogP contribution >= 0.6 is 0 Å². The topological polar surface area (TPSA) is 24.9 Å². The minimum absolute atomic E-state index is 0.500. The molecule has 76 valence electrons. The first-order valence-electron chi connectivity index (χ1n) is 4.38. The largest absolute Gasteiger partial charge is 0.355 e. The molecule has 15 heavy (non-hydrogen) atoms. The Hall–Kier alpha value is -1.97. The molecular formula is C11H8F2N2. The number of benzene rings is 1. The fraction of sp³-hybridized carbons (Fsp3) is 0. The SMILES string of the molecule is Fc1ccc(Nc2ccncc2)cc1F. The standard InChI is InChI=1S/C11H8F2N2/c12-10-2-1-9(7-11(10)13)15-8-3-5-14-6-4-8/h1-7H,(H,14,15). The summed E-state index contributed by atoms with van der Waals surface area (Å²) in [7, 11) is 0. The Balaban J connectivity index is 2.22. The van der Waals surface area contributed by atoms with E-state index < -0.39 is 11.6 Å². The van der Waals surface area contributed by atoms with Crippen LogP contribution in [0.1, 0.15) is 0 Å². The van der Waals surface area contributed by atoms with E-state index in [1.165, 1.54) is 6.07 Å². The molecule has 0 saturated heterocycles. The predicted octanol–water partition coefficient (Wildman–Crippen LogP) is 3.10. The molecule has 0 aliphatic rings. The minimum atomic E-state index is -0.867. The Morgan fingerprint density at radius 1 is 0.867 bits per heavy atom. The van der Waals surface area contributed by atoms with Crippen molar-refractivity contribution >= 4 is 11.4 Å². The molecule has 4 heteroatoms. The van der Waals surface area contributed by atoms with E-state index in [1.54, 1.807) is 24.5 Å². The summed E-state index contributed by atoms with van der Waals surface area (Å²) in [6.45, 7) is 0. The van der Waals surface area contributed by atoms with E-state index >= 15 is 0 Å². The molecule has 0 amide bonds. The number of nitrogens with zero attached hydrogens (tertiary/aromatic N) is 1. The highest BCUT2D eigenvalue weighted by atomic mass is 19.2. The van der Waals surface area contributed by atoms with Crippen LogP contribution in [0.2, 0.25) is 0 Å². The zero-order valence-electron chi connectivity index (χ0n) is 7.74. The summed E-state index contributed by atoms with van der Waals surface area (Å²) in [4.78, 5) is 3.84. The zero-order chi connectivity index (χ0) is 10.7. The normalized spacial score (nSPS) is 10.0. The van der Waals surface area contributed by atoms with Crippen molar-refractivity contribution in [2.45, 2.75) is 0 Å². The molecule has 0 saturated carbocycles. The van der Waals surface area contributed by atoms with Crippen LogP contribution in [0, 0.1) is 11.6 Å². The van der Waals surface area contributed by atoms with Crippen molar-refractivity contribution in [3.05, 3.63) is 54.4 Å². The molecule has 0 atom stereocenters. The fourth-order valence-corrected chi connectivity index (χ4v) is 1.18. The summed E-state index contributed by atoms with van der Waals surface area (Å²) in [5.74, 6) is -1.72. The molecule has 0 fully saturated rings. The highest BCUT2D eigenvalue weighted by Gasteiger charge is 2.02. The zero-order valence-corrected chi connectivity index (χ0v) is 7.74. The van der Waals surface area contributed by atoms with Gasteiger partial charge in [0.2, 0.25) is 0 Å². The maximum absolute atomic E-state index is 12.9. The van der Waals surface area contributed by atoms with Crippen molar-refractivity contribution in [3.8, 4) is 0 Å². The van der Waals surface area contributed by atoms with E-state index in [9.17, 15) is 8.78 Å². The number of halogens is 2. The van der Waals surface area contributed by atoms with Crippen LogP contribution in [0.5, 0.6) is 0 Å². The molecule has 0 unspecified atom stereocenters. The molecule has 1 aromatic carbocycles. The van der Waals surface area contributed by atoms with Gasteiger partial charge < -0.3 is 5.32 Å². The van der Waals surface area contributed by atoms with Crippen LogP contribution in [-0.4, -0.2) is 4.98 Å². The lowest BCUT2D eigenvalue weighted by molar-refractivity contribution is 0.509. The van der Waals surface area contributed by atoms with Gasteiger partial charge in [0.15, 0.2) is 11.6 Å². The molecule has 2 nitrogen and oxygen atoms in total. The lowest BCUT2D eigenvalue weighted by atomic mass is 10.3. The monoisotopic (exact) mass is 206 g/mol. The van der Waals surface area contributed by atoms with E-state index in [2.05, 4.69) is 10.3 Å². The minimum Gasteiger partial charge on any atom is -0.355 e. The first-order chi connectivity index (χ1) is 7.25.